The van der Waals surface area contributed by atoms with Crippen LogP contribution in [0.2, 0.25) is 0 Å². The summed E-state index contributed by atoms with van der Waals surface area (Å²) >= 11 is 6.46. The minimum atomic E-state index is -1.00. The maximum absolute atomic E-state index is 12.0. The standard InChI is InChI=1S/C12H17BrN2O3S2/c1-15(6-9-5-8(13)7-20-9)12(18)14-10(11(16)17)3-4-19-2/h5,7,10H,3-4,6H2,1-2H3,(H,14,18)(H,16,17)/t10-/m1/s1. The molecule has 8 heteroatoms. The Labute approximate surface area is 134 Å². The van der Waals surface area contributed by atoms with E-state index >= 15 is 0 Å². The zero-order valence-corrected chi connectivity index (χ0v) is 14.5. The lowest BCUT2D eigenvalue weighted by Gasteiger charge is -2.20. The smallest absolute Gasteiger partial charge is 0.326 e. The SMILES string of the molecule is CSCC[C@@H](NC(=O)N(C)Cc1cc(Br)cs1)C(=O)O. The van der Waals surface area contributed by atoms with Gasteiger partial charge in [0.25, 0.3) is 0 Å². The van der Waals surface area contributed by atoms with Crippen LogP contribution < -0.4 is 5.32 Å². The lowest BCUT2D eigenvalue weighted by molar-refractivity contribution is -0.139. The number of halogens is 1. The predicted molar refractivity (Wildman–Crippen MR) is 86.4 cm³/mol. The first-order valence-corrected chi connectivity index (χ1v) is 8.97. The van der Waals surface area contributed by atoms with Gasteiger partial charge in [0.05, 0.1) is 6.54 Å². The van der Waals surface area contributed by atoms with E-state index in [1.807, 2.05) is 17.7 Å². The van der Waals surface area contributed by atoms with Crippen molar-refractivity contribution in [3.05, 3.63) is 20.8 Å². The summed E-state index contributed by atoms with van der Waals surface area (Å²) in [4.78, 5) is 25.6. The van der Waals surface area contributed by atoms with Gasteiger partial charge in [0.2, 0.25) is 0 Å². The highest BCUT2D eigenvalue weighted by molar-refractivity contribution is 9.10. The predicted octanol–water partition coefficient (Wildman–Crippen LogP) is 2.86. The van der Waals surface area contributed by atoms with Crippen molar-refractivity contribution in [1.29, 1.82) is 0 Å². The Bertz CT molecular complexity index is 467. The molecule has 1 rings (SSSR count). The molecule has 1 atom stereocenters. The number of aliphatic carboxylic acids is 1. The van der Waals surface area contributed by atoms with Gasteiger partial charge in [-0.05, 0) is 40.4 Å². The van der Waals surface area contributed by atoms with Crippen molar-refractivity contribution in [3.8, 4) is 0 Å². The highest BCUT2D eigenvalue weighted by atomic mass is 79.9. The Morgan fingerprint density at radius 2 is 2.30 bits per heavy atom. The number of amides is 2. The monoisotopic (exact) mass is 380 g/mol. The Morgan fingerprint density at radius 1 is 1.60 bits per heavy atom. The van der Waals surface area contributed by atoms with Crippen LogP contribution in [0.4, 0.5) is 4.79 Å². The van der Waals surface area contributed by atoms with Gasteiger partial charge in [-0.1, -0.05) is 0 Å². The minimum absolute atomic E-state index is 0.372. The van der Waals surface area contributed by atoms with E-state index in [-0.39, 0.29) is 6.03 Å². The van der Waals surface area contributed by atoms with E-state index in [0.29, 0.717) is 18.7 Å². The van der Waals surface area contributed by atoms with Gasteiger partial charge in [-0.2, -0.15) is 11.8 Å². The van der Waals surface area contributed by atoms with E-state index < -0.39 is 12.0 Å². The van der Waals surface area contributed by atoms with Crippen LogP contribution in [0.15, 0.2) is 15.9 Å². The van der Waals surface area contributed by atoms with Crippen molar-refractivity contribution >= 4 is 51.0 Å². The fourth-order valence-corrected chi connectivity index (χ4v) is 3.47. The molecular formula is C12H17BrN2O3S2. The number of nitrogens with one attached hydrogen (secondary N) is 1. The van der Waals surface area contributed by atoms with E-state index in [1.54, 1.807) is 30.1 Å². The number of thioether (sulfide) groups is 1. The first-order valence-electron chi connectivity index (χ1n) is 5.90. The molecular weight excluding hydrogens is 364 g/mol. The fourth-order valence-electron chi connectivity index (χ4n) is 1.49. The zero-order chi connectivity index (χ0) is 15.1. The van der Waals surface area contributed by atoms with E-state index in [0.717, 1.165) is 9.35 Å². The van der Waals surface area contributed by atoms with Crippen LogP contribution in [0.1, 0.15) is 11.3 Å². The van der Waals surface area contributed by atoms with E-state index in [4.69, 9.17) is 5.11 Å². The van der Waals surface area contributed by atoms with Crippen LogP contribution in [0.3, 0.4) is 0 Å². The molecule has 0 saturated carbocycles. The average molecular weight is 381 g/mol. The summed E-state index contributed by atoms with van der Waals surface area (Å²) < 4.78 is 0.981. The molecule has 1 heterocycles. The highest BCUT2D eigenvalue weighted by Gasteiger charge is 2.21. The van der Waals surface area contributed by atoms with Crippen molar-refractivity contribution in [1.82, 2.24) is 10.2 Å². The van der Waals surface area contributed by atoms with E-state index in [9.17, 15) is 9.59 Å². The number of thiophene rings is 1. The van der Waals surface area contributed by atoms with Gasteiger partial charge in [-0.15, -0.1) is 11.3 Å². The molecule has 0 aromatic carbocycles. The van der Waals surface area contributed by atoms with Crippen LogP contribution in [0.5, 0.6) is 0 Å². The van der Waals surface area contributed by atoms with Gasteiger partial charge >= 0.3 is 12.0 Å². The molecule has 2 amide bonds. The van der Waals surface area contributed by atoms with Gasteiger partial charge in [0.1, 0.15) is 6.04 Å². The maximum atomic E-state index is 12.0. The molecule has 1 aromatic heterocycles. The minimum Gasteiger partial charge on any atom is -0.480 e. The number of hydrogen-bond acceptors (Lipinski definition) is 4. The number of carboxylic acids is 1. The van der Waals surface area contributed by atoms with Gasteiger partial charge in [-0.25, -0.2) is 9.59 Å². The number of rotatable bonds is 7. The van der Waals surface area contributed by atoms with Crippen LogP contribution in [0.25, 0.3) is 0 Å². The van der Waals surface area contributed by atoms with Crippen molar-refractivity contribution in [2.45, 2.75) is 19.0 Å². The van der Waals surface area contributed by atoms with Crippen LogP contribution in [-0.4, -0.2) is 47.1 Å². The highest BCUT2D eigenvalue weighted by Crippen LogP contribution is 2.20. The quantitative estimate of drug-likeness (QED) is 0.762. The summed E-state index contributed by atoms with van der Waals surface area (Å²) in [6, 6.07) is 0.729. The summed E-state index contributed by atoms with van der Waals surface area (Å²) in [5.74, 6) is -0.307. The fraction of sp³-hybridized carbons (Fsp3) is 0.500. The number of urea groups is 1. The second kappa shape index (κ2) is 8.53. The number of carboxylic acid groups (broad SMARTS) is 1. The van der Waals surface area contributed by atoms with Gasteiger partial charge in [0, 0.05) is 21.8 Å². The topological polar surface area (TPSA) is 69.6 Å². The molecule has 20 heavy (non-hydrogen) atoms. The molecule has 2 N–H and O–H groups in total. The summed E-state index contributed by atoms with van der Waals surface area (Å²) in [5.41, 5.74) is 0. The van der Waals surface area contributed by atoms with Gasteiger partial charge in [0.15, 0.2) is 0 Å². The molecule has 0 saturated heterocycles. The lowest BCUT2D eigenvalue weighted by Crippen LogP contribution is -2.46. The molecule has 0 fully saturated rings. The first-order chi connectivity index (χ1) is 9.43. The van der Waals surface area contributed by atoms with Crippen molar-refractivity contribution in [3.63, 3.8) is 0 Å². The number of carbonyl (C=O) groups excluding carboxylic acids is 1. The summed E-state index contributed by atoms with van der Waals surface area (Å²) in [5, 5.41) is 13.6. The molecule has 0 radical (unpaired) electrons. The number of carbonyl (C=O) groups is 2. The Kier molecular flexibility index (Phi) is 7.39. The van der Waals surface area contributed by atoms with Gasteiger partial charge in [-0.3, -0.25) is 0 Å². The largest absolute Gasteiger partial charge is 0.480 e. The second-order valence-corrected chi connectivity index (χ2v) is 7.11. The van der Waals surface area contributed by atoms with Crippen molar-refractivity contribution in [2.75, 3.05) is 19.1 Å². The first kappa shape index (κ1) is 17.3. The Hall–Kier alpha value is -0.730. The number of hydrogen-bond donors (Lipinski definition) is 2. The summed E-state index contributed by atoms with van der Waals surface area (Å²) in [7, 11) is 1.65. The van der Waals surface area contributed by atoms with Crippen LogP contribution in [0, 0.1) is 0 Å². The zero-order valence-electron chi connectivity index (χ0n) is 11.3. The molecule has 0 bridgehead atoms. The maximum Gasteiger partial charge on any atom is 0.326 e. The molecule has 0 spiro atoms. The summed E-state index contributed by atoms with van der Waals surface area (Å²) in [6.07, 6.45) is 2.32. The summed E-state index contributed by atoms with van der Waals surface area (Å²) in [6.45, 7) is 0.455. The number of nitrogens with zero attached hydrogens (tertiary/aromatic N) is 1. The molecule has 1 aromatic rings. The van der Waals surface area contributed by atoms with E-state index in [1.165, 1.54) is 4.90 Å². The Morgan fingerprint density at radius 3 is 2.80 bits per heavy atom. The second-order valence-electron chi connectivity index (χ2n) is 4.21. The van der Waals surface area contributed by atoms with E-state index in [2.05, 4.69) is 21.2 Å². The normalized spacial score (nSPS) is 11.9. The third-order valence-corrected chi connectivity index (χ3v) is 4.89. The van der Waals surface area contributed by atoms with Crippen molar-refractivity contribution < 1.29 is 14.7 Å². The Balaban J connectivity index is 2.52. The molecule has 112 valence electrons. The average Bonchev–Trinajstić information content (AvgIpc) is 2.79. The van der Waals surface area contributed by atoms with Crippen LogP contribution in [-0.2, 0) is 11.3 Å². The lowest BCUT2D eigenvalue weighted by atomic mass is 10.2. The molecule has 0 aliphatic carbocycles. The molecule has 0 unspecified atom stereocenters. The third kappa shape index (κ3) is 5.72. The van der Waals surface area contributed by atoms with Crippen LogP contribution >= 0.6 is 39.0 Å². The third-order valence-electron chi connectivity index (χ3n) is 2.57. The van der Waals surface area contributed by atoms with Crippen molar-refractivity contribution in [2.24, 2.45) is 0 Å². The van der Waals surface area contributed by atoms with Gasteiger partial charge < -0.3 is 15.3 Å². The molecule has 0 aliphatic rings. The molecule has 5 nitrogen and oxygen atoms in total. The molecule has 0 aliphatic heterocycles.